The zero-order chi connectivity index (χ0) is 21.7. The Morgan fingerprint density at radius 2 is 1.83 bits per heavy atom. The van der Waals surface area contributed by atoms with Crippen molar-refractivity contribution in [3.05, 3.63) is 53.2 Å². The van der Waals surface area contributed by atoms with Crippen molar-refractivity contribution in [1.29, 1.82) is 0 Å². The lowest BCUT2D eigenvalue weighted by Gasteiger charge is -2.20. The van der Waals surface area contributed by atoms with Gasteiger partial charge in [0.25, 0.3) is 5.91 Å². The van der Waals surface area contributed by atoms with Crippen LogP contribution in [-0.2, 0) is 16.6 Å². The Morgan fingerprint density at radius 1 is 1.13 bits per heavy atom. The van der Waals surface area contributed by atoms with Crippen LogP contribution in [0.2, 0.25) is 0 Å². The Bertz CT molecular complexity index is 980. The summed E-state index contributed by atoms with van der Waals surface area (Å²) in [5.74, 6) is 0.655. The van der Waals surface area contributed by atoms with Crippen LogP contribution in [0.1, 0.15) is 48.2 Å². The van der Waals surface area contributed by atoms with E-state index in [9.17, 15) is 13.2 Å². The average molecular weight is 431 g/mol. The van der Waals surface area contributed by atoms with Gasteiger partial charge >= 0.3 is 0 Å². The molecule has 0 saturated carbocycles. The van der Waals surface area contributed by atoms with Gasteiger partial charge in [-0.25, -0.2) is 13.4 Å². The predicted octanol–water partition coefficient (Wildman–Crippen LogP) is 2.95. The number of amides is 1. The van der Waals surface area contributed by atoms with Crippen LogP contribution in [0.25, 0.3) is 0 Å². The molecule has 0 spiro atoms. The normalized spacial score (nSPS) is 14.3. The standard InChI is InChI=1S/C22H30N4O3S/c1-4-26(5-2)30(28,29)20-14-19(10-8-17(20)3)22(27)24-16-18-9-11-21(23-15-18)25-12-6-7-13-25/h8-11,14-15H,4-7,12-13,16H2,1-3H3,(H,24,27). The fourth-order valence-corrected chi connectivity index (χ4v) is 5.37. The lowest BCUT2D eigenvalue weighted by molar-refractivity contribution is 0.0950. The van der Waals surface area contributed by atoms with Gasteiger partial charge in [-0.15, -0.1) is 0 Å². The minimum Gasteiger partial charge on any atom is -0.357 e. The Morgan fingerprint density at radius 3 is 2.43 bits per heavy atom. The van der Waals surface area contributed by atoms with Gasteiger partial charge in [0.2, 0.25) is 10.0 Å². The third kappa shape index (κ3) is 4.82. The minimum absolute atomic E-state index is 0.176. The Balaban J connectivity index is 1.70. The lowest BCUT2D eigenvalue weighted by atomic mass is 10.1. The highest BCUT2D eigenvalue weighted by molar-refractivity contribution is 7.89. The molecule has 1 aromatic carbocycles. The number of nitrogens with one attached hydrogen (secondary N) is 1. The molecule has 1 saturated heterocycles. The molecule has 1 amide bonds. The first-order chi connectivity index (χ1) is 14.4. The molecular weight excluding hydrogens is 400 g/mol. The molecule has 0 radical (unpaired) electrons. The zero-order valence-electron chi connectivity index (χ0n) is 17.9. The molecule has 7 nitrogen and oxygen atoms in total. The summed E-state index contributed by atoms with van der Waals surface area (Å²) in [5, 5.41) is 2.86. The van der Waals surface area contributed by atoms with Crippen LogP contribution in [0.5, 0.6) is 0 Å². The molecule has 2 aromatic rings. The molecule has 1 aliphatic heterocycles. The number of aromatic nitrogens is 1. The quantitative estimate of drug-likeness (QED) is 0.696. The maximum absolute atomic E-state index is 12.9. The van der Waals surface area contributed by atoms with Gasteiger partial charge in [0, 0.05) is 44.5 Å². The molecule has 0 bridgehead atoms. The fraction of sp³-hybridized carbons (Fsp3) is 0.455. The number of aryl methyl sites for hydroxylation is 1. The number of pyridine rings is 1. The van der Waals surface area contributed by atoms with E-state index in [-0.39, 0.29) is 10.8 Å². The monoisotopic (exact) mass is 430 g/mol. The van der Waals surface area contributed by atoms with Crippen molar-refractivity contribution in [3.8, 4) is 0 Å². The van der Waals surface area contributed by atoms with Gasteiger partial charge in [-0.1, -0.05) is 26.0 Å². The third-order valence-corrected chi connectivity index (χ3v) is 7.66. The summed E-state index contributed by atoms with van der Waals surface area (Å²) in [6.45, 7) is 8.52. The number of anilines is 1. The van der Waals surface area contributed by atoms with Crippen LogP contribution < -0.4 is 10.2 Å². The van der Waals surface area contributed by atoms with Gasteiger partial charge in [-0.2, -0.15) is 4.31 Å². The van der Waals surface area contributed by atoms with Crippen molar-refractivity contribution in [2.24, 2.45) is 0 Å². The second-order valence-electron chi connectivity index (χ2n) is 7.47. The van der Waals surface area contributed by atoms with Crippen molar-refractivity contribution in [2.45, 2.75) is 45.1 Å². The molecule has 8 heteroatoms. The van der Waals surface area contributed by atoms with Crippen molar-refractivity contribution in [3.63, 3.8) is 0 Å². The topological polar surface area (TPSA) is 82.6 Å². The fourth-order valence-electron chi connectivity index (χ4n) is 3.66. The van der Waals surface area contributed by atoms with E-state index in [0.717, 1.165) is 24.5 Å². The van der Waals surface area contributed by atoms with Gasteiger partial charge in [-0.3, -0.25) is 4.79 Å². The van der Waals surface area contributed by atoms with Gasteiger partial charge < -0.3 is 10.2 Å². The van der Waals surface area contributed by atoms with Gasteiger partial charge in [0.1, 0.15) is 5.82 Å². The maximum Gasteiger partial charge on any atom is 0.251 e. The summed E-state index contributed by atoms with van der Waals surface area (Å²) < 4.78 is 27.2. The summed E-state index contributed by atoms with van der Waals surface area (Å²) in [5.41, 5.74) is 1.85. The highest BCUT2D eigenvalue weighted by Crippen LogP contribution is 2.22. The minimum atomic E-state index is -3.63. The van der Waals surface area contributed by atoms with Crippen molar-refractivity contribution in [2.75, 3.05) is 31.1 Å². The van der Waals surface area contributed by atoms with E-state index in [4.69, 9.17) is 0 Å². The van der Waals surface area contributed by atoms with Crippen LogP contribution in [0, 0.1) is 6.92 Å². The van der Waals surface area contributed by atoms with E-state index >= 15 is 0 Å². The summed E-state index contributed by atoms with van der Waals surface area (Å²) in [7, 11) is -3.63. The van der Waals surface area contributed by atoms with Gasteiger partial charge in [0.15, 0.2) is 0 Å². The number of hydrogen-bond acceptors (Lipinski definition) is 5. The van der Waals surface area contributed by atoms with Crippen LogP contribution in [0.4, 0.5) is 5.82 Å². The Hall–Kier alpha value is -2.45. The molecule has 1 fully saturated rings. The van der Waals surface area contributed by atoms with Gasteiger partial charge in [-0.05, 0) is 49.1 Å². The van der Waals surface area contributed by atoms with Crippen molar-refractivity contribution >= 4 is 21.7 Å². The van der Waals surface area contributed by atoms with Crippen molar-refractivity contribution in [1.82, 2.24) is 14.6 Å². The van der Waals surface area contributed by atoms with E-state index in [2.05, 4.69) is 15.2 Å². The maximum atomic E-state index is 12.9. The Labute approximate surface area is 179 Å². The SMILES string of the molecule is CCN(CC)S(=O)(=O)c1cc(C(=O)NCc2ccc(N3CCCC3)nc2)ccc1C. The highest BCUT2D eigenvalue weighted by Gasteiger charge is 2.24. The average Bonchev–Trinajstić information content (AvgIpc) is 3.28. The summed E-state index contributed by atoms with van der Waals surface area (Å²) in [6, 6.07) is 8.74. The van der Waals surface area contributed by atoms with Crippen LogP contribution in [0.15, 0.2) is 41.4 Å². The molecule has 1 N–H and O–H groups in total. The first kappa shape index (κ1) is 22.2. The third-order valence-electron chi connectivity index (χ3n) is 5.47. The molecule has 0 atom stereocenters. The van der Waals surface area contributed by atoms with E-state index in [1.807, 2.05) is 12.1 Å². The zero-order valence-corrected chi connectivity index (χ0v) is 18.7. The molecule has 1 aliphatic rings. The number of carbonyl (C=O) groups excluding carboxylic acids is 1. The van der Waals surface area contributed by atoms with E-state index < -0.39 is 10.0 Å². The van der Waals surface area contributed by atoms with Crippen LogP contribution in [0.3, 0.4) is 0 Å². The molecular formula is C22H30N4O3S. The van der Waals surface area contributed by atoms with E-state index in [0.29, 0.717) is 30.8 Å². The molecule has 30 heavy (non-hydrogen) atoms. The number of rotatable bonds is 8. The number of benzene rings is 1. The summed E-state index contributed by atoms with van der Waals surface area (Å²) in [6.07, 6.45) is 4.17. The number of carbonyl (C=O) groups is 1. The largest absolute Gasteiger partial charge is 0.357 e. The molecule has 1 aromatic heterocycles. The molecule has 0 unspecified atom stereocenters. The Kier molecular flexibility index (Phi) is 7.10. The van der Waals surface area contributed by atoms with Crippen LogP contribution in [-0.4, -0.2) is 49.8 Å². The summed E-state index contributed by atoms with van der Waals surface area (Å²) >= 11 is 0. The van der Waals surface area contributed by atoms with Crippen LogP contribution >= 0.6 is 0 Å². The number of nitrogens with zero attached hydrogens (tertiary/aromatic N) is 3. The molecule has 0 aliphatic carbocycles. The second kappa shape index (κ2) is 9.57. The van der Waals surface area contributed by atoms with E-state index in [1.54, 1.807) is 39.1 Å². The molecule has 2 heterocycles. The van der Waals surface area contributed by atoms with E-state index in [1.165, 1.54) is 23.2 Å². The molecule has 3 rings (SSSR count). The summed E-state index contributed by atoms with van der Waals surface area (Å²) in [4.78, 5) is 19.6. The number of hydrogen-bond donors (Lipinski definition) is 1. The molecule has 162 valence electrons. The number of sulfonamides is 1. The lowest BCUT2D eigenvalue weighted by Crippen LogP contribution is -2.31. The smallest absolute Gasteiger partial charge is 0.251 e. The first-order valence-electron chi connectivity index (χ1n) is 10.5. The van der Waals surface area contributed by atoms with Gasteiger partial charge in [0.05, 0.1) is 4.90 Å². The second-order valence-corrected chi connectivity index (χ2v) is 9.38. The first-order valence-corrected chi connectivity index (χ1v) is 11.9. The van der Waals surface area contributed by atoms with Crippen molar-refractivity contribution < 1.29 is 13.2 Å². The predicted molar refractivity (Wildman–Crippen MR) is 118 cm³/mol. The highest BCUT2D eigenvalue weighted by atomic mass is 32.2.